The highest BCUT2D eigenvalue weighted by Gasteiger charge is 2.22. The number of benzene rings is 2. The average molecular weight is 352 g/mol. The van der Waals surface area contributed by atoms with Crippen LogP contribution in [0.4, 0.5) is 10.1 Å². The Labute approximate surface area is 139 Å². The number of nitrogens with one attached hydrogen (secondary N) is 1. The summed E-state index contributed by atoms with van der Waals surface area (Å²) in [6, 6.07) is 9.81. The Hall–Kier alpha value is -2.29. The van der Waals surface area contributed by atoms with Crippen molar-refractivity contribution in [3.05, 3.63) is 59.4 Å². The molecule has 0 bridgehead atoms. The summed E-state index contributed by atoms with van der Waals surface area (Å²) in [7, 11) is -1.42. The zero-order valence-electron chi connectivity index (χ0n) is 13.4. The minimum atomic E-state index is -3.87. The zero-order chi connectivity index (χ0) is 17.9. The van der Waals surface area contributed by atoms with Gasteiger partial charge in [0.2, 0.25) is 0 Å². The fourth-order valence-corrected chi connectivity index (χ4v) is 2.98. The average Bonchev–Trinajstić information content (AvgIpc) is 2.56. The Kier molecular flexibility index (Phi) is 5.33. The zero-order valence-corrected chi connectivity index (χ0v) is 14.2. The molecule has 2 rings (SSSR count). The molecule has 0 spiro atoms. The molecule has 24 heavy (non-hydrogen) atoms. The third-order valence-electron chi connectivity index (χ3n) is 3.36. The number of rotatable bonds is 5. The molecule has 2 aromatic rings. The first kappa shape index (κ1) is 18.1. The van der Waals surface area contributed by atoms with Crippen molar-refractivity contribution in [2.75, 3.05) is 19.5 Å². The summed E-state index contributed by atoms with van der Waals surface area (Å²) in [5, 5.41) is 2.42. The molecule has 0 radical (unpaired) electrons. The molecule has 1 N–H and O–H groups in total. The lowest BCUT2D eigenvalue weighted by molar-refractivity contribution is -0.0258. The number of hydroxylamine groups is 1. The Morgan fingerprint density at radius 2 is 1.92 bits per heavy atom. The summed E-state index contributed by atoms with van der Waals surface area (Å²) in [4.78, 5) is 16.8. The number of carbonyl (C=O) groups is 1. The van der Waals surface area contributed by atoms with E-state index in [-0.39, 0.29) is 16.1 Å². The number of halogens is 1. The van der Waals surface area contributed by atoms with Gasteiger partial charge in [-0.15, -0.1) is 0 Å². The normalized spacial score (nSPS) is 11.5. The van der Waals surface area contributed by atoms with Crippen LogP contribution in [-0.4, -0.2) is 33.0 Å². The molecule has 128 valence electrons. The molecule has 0 aliphatic carbocycles. The lowest BCUT2D eigenvalue weighted by Gasteiger charge is -2.14. The van der Waals surface area contributed by atoms with E-state index in [1.54, 1.807) is 13.0 Å². The second kappa shape index (κ2) is 7.08. The topological polar surface area (TPSA) is 75.7 Å². The summed E-state index contributed by atoms with van der Waals surface area (Å²) in [5.74, 6) is -1.18. The van der Waals surface area contributed by atoms with Gasteiger partial charge in [-0.25, -0.2) is 12.8 Å². The van der Waals surface area contributed by atoms with Crippen LogP contribution in [0.25, 0.3) is 0 Å². The second-order valence-electron chi connectivity index (χ2n) is 5.06. The van der Waals surface area contributed by atoms with Gasteiger partial charge < -0.3 is 5.32 Å². The smallest absolute Gasteiger partial charge is 0.264 e. The van der Waals surface area contributed by atoms with Crippen LogP contribution in [0.3, 0.4) is 0 Å². The number of carbonyl (C=O) groups excluding carboxylic acids is 1. The Morgan fingerprint density at radius 3 is 2.54 bits per heavy atom. The van der Waals surface area contributed by atoms with E-state index in [9.17, 15) is 17.6 Å². The highest BCUT2D eigenvalue weighted by atomic mass is 32.2. The van der Waals surface area contributed by atoms with Crippen molar-refractivity contribution >= 4 is 21.6 Å². The maximum absolute atomic E-state index is 13.8. The van der Waals surface area contributed by atoms with Gasteiger partial charge in [-0.2, -0.15) is 0 Å². The van der Waals surface area contributed by atoms with Crippen molar-refractivity contribution in [2.45, 2.75) is 11.8 Å². The van der Waals surface area contributed by atoms with Gasteiger partial charge in [0.15, 0.2) is 0 Å². The Morgan fingerprint density at radius 1 is 1.21 bits per heavy atom. The third-order valence-corrected chi connectivity index (χ3v) is 5.04. The lowest BCUT2D eigenvalue weighted by Crippen LogP contribution is -2.26. The molecular weight excluding hydrogens is 335 g/mol. The molecule has 2 aromatic carbocycles. The summed E-state index contributed by atoms with van der Waals surface area (Å²) in [6.07, 6.45) is 0. The van der Waals surface area contributed by atoms with Crippen molar-refractivity contribution in [3.63, 3.8) is 0 Å². The first-order chi connectivity index (χ1) is 11.3. The molecule has 0 saturated heterocycles. The number of anilines is 1. The molecule has 0 unspecified atom stereocenters. The number of sulfonamides is 1. The van der Waals surface area contributed by atoms with Crippen molar-refractivity contribution in [1.82, 2.24) is 4.47 Å². The van der Waals surface area contributed by atoms with Gasteiger partial charge in [0.25, 0.3) is 15.9 Å². The van der Waals surface area contributed by atoms with Crippen LogP contribution in [0.5, 0.6) is 0 Å². The van der Waals surface area contributed by atoms with Gasteiger partial charge >= 0.3 is 0 Å². The van der Waals surface area contributed by atoms with E-state index in [4.69, 9.17) is 0 Å². The van der Waals surface area contributed by atoms with Gasteiger partial charge in [-0.05, 0) is 42.8 Å². The lowest BCUT2D eigenvalue weighted by atomic mass is 10.2. The minimum absolute atomic E-state index is 0.0212. The highest BCUT2D eigenvalue weighted by molar-refractivity contribution is 7.89. The largest absolute Gasteiger partial charge is 0.319 e. The fourth-order valence-electron chi connectivity index (χ4n) is 1.96. The first-order valence-electron chi connectivity index (χ1n) is 6.96. The number of hydrogen-bond acceptors (Lipinski definition) is 4. The van der Waals surface area contributed by atoms with Crippen molar-refractivity contribution in [3.8, 4) is 0 Å². The molecule has 0 saturated carbocycles. The molecule has 0 fully saturated rings. The molecule has 0 atom stereocenters. The van der Waals surface area contributed by atoms with E-state index in [0.717, 1.165) is 5.56 Å². The van der Waals surface area contributed by atoms with Crippen LogP contribution in [0.1, 0.15) is 15.9 Å². The predicted molar refractivity (Wildman–Crippen MR) is 87.5 cm³/mol. The van der Waals surface area contributed by atoms with Crippen molar-refractivity contribution in [2.24, 2.45) is 0 Å². The van der Waals surface area contributed by atoms with Gasteiger partial charge in [0.05, 0.1) is 17.7 Å². The number of amides is 1. The van der Waals surface area contributed by atoms with Gasteiger partial charge in [0, 0.05) is 12.6 Å². The van der Waals surface area contributed by atoms with E-state index in [1.165, 1.54) is 50.6 Å². The molecule has 8 heteroatoms. The summed E-state index contributed by atoms with van der Waals surface area (Å²) in [5.41, 5.74) is 0.828. The standard InChI is InChI=1S/C16H17FN2O4S/c1-11-7-8-15(14(17)9-11)18-16(20)12-5-4-6-13(10-12)24(21,22)19(2)23-3/h4-10H,1-3H3,(H,18,20). The maximum Gasteiger partial charge on any atom is 0.264 e. The maximum atomic E-state index is 13.8. The molecule has 0 aliphatic rings. The third kappa shape index (κ3) is 3.78. The van der Waals surface area contributed by atoms with Crippen molar-refractivity contribution in [1.29, 1.82) is 0 Å². The molecule has 1 amide bonds. The first-order valence-corrected chi connectivity index (χ1v) is 8.40. The molecule has 6 nitrogen and oxygen atoms in total. The van der Waals surface area contributed by atoms with Crippen LogP contribution >= 0.6 is 0 Å². The van der Waals surface area contributed by atoms with Crippen LogP contribution in [-0.2, 0) is 14.9 Å². The van der Waals surface area contributed by atoms with Gasteiger partial charge in [0.1, 0.15) is 5.82 Å². The van der Waals surface area contributed by atoms with Crippen molar-refractivity contribution < 1.29 is 22.4 Å². The van der Waals surface area contributed by atoms with E-state index in [1.807, 2.05) is 0 Å². The van der Waals surface area contributed by atoms with Crippen LogP contribution in [0.15, 0.2) is 47.4 Å². The number of aryl methyl sites for hydroxylation is 1. The highest BCUT2D eigenvalue weighted by Crippen LogP contribution is 2.19. The van der Waals surface area contributed by atoms with Gasteiger partial charge in [-0.1, -0.05) is 16.6 Å². The predicted octanol–water partition coefficient (Wildman–Crippen LogP) is 2.57. The Bertz CT molecular complexity index is 868. The number of nitrogens with zero attached hydrogens (tertiary/aromatic N) is 1. The molecule has 0 aliphatic heterocycles. The van der Waals surface area contributed by atoms with E-state index in [0.29, 0.717) is 4.47 Å². The summed E-state index contributed by atoms with van der Waals surface area (Å²) < 4.78 is 38.9. The molecule has 0 heterocycles. The van der Waals surface area contributed by atoms with E-state index >= 15 is 0 Å². The molecular formula is C16H17FN2O4S. The summed E-state index contributed by atoms with van der Waals surface area (Å²) >= 11 is 0. The quantitative estimate of drug-likeness (QED) is 0.839. The second-order valence-corrected chi connectivity index (χ2v) is 7.00. The van der Waals surface area contributed by atoms with Crippen LogP contribution in [0, 0.1) is 12.7 Å². The van der Waals surface area contributed by atoms with E-state index < -0.39 is 21.7 Å². The van der Waals surface area contributed by atoms with E-state index in [2.05, 4.69) is 10.2 Å². The summed E-state index contributed by atoms with van der Waals surface area (Å²) in [6.45, 7) is 1.73. The van der Waals surface area contributed by atoms with Crippen LogP contribution < -0.4 is 5.32 Å². The monoisotopic (exact) mass is 352 g/mol. The minimum Gasteiger partial charge on any atom is -0.319 e. The fraction of sp³-hybridized carbons (Fsp3) is 0.188. The van der Waals surface area contributed by atoms with Gasteiger partial charge in [-0.3, -0.25) is 9.63 Å². The number of hydrogen-bond donors (Lipinski definition) is 1. The Balaban J connectivity index is 2.30. The molecule has 0 aromatic heterocycles. The van der Waals surface area contributed by atoms with Crippen LogP contribution in [0.2, 0.25) is 0 Å². The SMILES string of the molecule is CON(C)S(=O)(=O)c1cccc(C(=O)Nc2ccc(C)cc2F)c1.